The minimum absolute atomic E-state index is 0.597. The maximum absolute atomic E-state index is 5.18. The molecule has 0 saturated carbocycles. The molecule has 0 aliphatic heterocycles. The van der Waals surface area contributed by atoms with Gasteiger partial charge in [-0.25, -0.2) is 0 Å². The smallest absolute Gasteiger partial charge is 0.0680 e. The maximum Gasteiger partial charge on any atom is 0.0680 e. The van der Waals surface area contributed by atoms with Gasteiger partial charge in [-0.1, -0.05) is 19.9 Å². The molecule has 2 nitrogen and oxygen atoms in total. The minimum atomic E-state index is 0.597. The summed E-state index contributed by atoms with van der Waals surface area (Å²) >= 11 is 1.78. The molecule has 0 spiro atoms. The largest absolute Gasteiger partial charge is 0.403 e. The van der Waals surface area contributed by atoms with Crippen LogP contribution in [-0.4, -0.2) is 5.25 Å². The van der Waals surface area contributed by atoms with Gasteiger partial charge in [0.2, 0.25) is 0 Å². The van der Waals surface area contributed by atoms with Crippen molar-refractivity contribution in [3.05, 3.63) is 23.5 Å². The summed E-state index contributed by atoms with van der Waals surface area (Å²) in [5.74, 6) is 0. The van der Waals surface area contributed by atoms with Crippen molar-refractivity contribution in [2.45, 2.75) is 26.0 Å². The quantitative estimate of drug-likeness (QED) is 0.681. The van der Waals surface area contributed by atoms with Gasteiger partial charge in [0, 0.05) is 17.6 Å². The second-order valence-corrected chi connectivity index (χ2v) is 3.94. The van der Waals surface area contributed by atoms with Gasteiger partial charge in [-0.2, -0.15) is 0 Å². The lowest BCUT2D eigenvalue weighted by atomic mass is 10.6. The van der Waals surface area contributed by atoms with Crippen LogP contribution in [-0.2, 0) is 0 Å². The molecule has 0 atom stereocenters. The van der Waals surface area contributed by atoms with E-state index >= 15 is 0 Å². The number of rotatable bonds is 4. The van der Waals surface area contributed by atoms with Gasteiger partial charge in [-0.15, -0.1) is 11.8 Å². The van der Waals surface area contributed by atoms with Crippen molar-refractivity contribution in [1.29, 1.82) is 0 Å². The molecule has 64 valence electrons. The van der Waals surface area contributed by atoms with Gasteiger partial charge in [-0.05, 0) is 6.92 Å². The topological polar surface area (TPSA) is 38.0 Å². The third kappa shape index (κ3) is 5.85. The first-order valence-corrected chi connectivity index (χ1v) is 4.55. The Morgan fingerprint density at radius 3 is 2.55 bits per heavy atom. The Bertz CT molecular complexity index is 150. The number of nitrogens with two attached hydrogens (primary N) is 1. The van der Waals surface area contributed by atoms with E-state index in [1.165, 1.54) is 6.20 Å². The van der Waals surface area contributed by atoms with Crippen LogP contribution >= 0.6 is 11.8 Å². The van der Waals surface area contributed by atoms with Gasteiger partial charge in [-0.3, -0.25) is 0 Å². The zero-order chi connectivity index (χ0) is 8.69. The van der Waals surface area contributed by atoms with E-state index in [4.69, 9.17) is 5.73 Å². The molecule has 0 aliphatic carbocycles. The standard InChI is InChI=1S/C8H16N2S/c1-4-8(10-6-5-9)11-7(2)3/h4-7,10H,9H2,1-3H3/b6-5-,8-4+. The Hall–Kier alpha value is -0.570. The van der Waals surface area contributed by atoms with Gasteiger partial charge < -0.3 is 11.1 Å². The highest BCUT2D eigenvalue weighted by molar-refractivity contribution is 8.03. The Labute approximate surface area is 72.9 Å². The second kappa shape index (κ2) is 6.16. The van der Waals surface area contributed by atoms with Crippen molar-refractivity contribution >= 4 is 11.8 Å². The first-order valence-electron chi connectivity index (χ1n) is 3.67. The van der Waals surface area contributed by atoms with Crippen molar-refractivity contribution in [3.63, 3.8) is 0 Å². The number of hydrogen-bond acceptors (Lipinski definition) is 3. The molecule has 0 aliphatic rings. The maximum atomic E-state index is 5.18. The van der Waals surface area contributed by atoms with E-state index < -0.39 is 0 Å². The molecule has 0 aromatic heterocycles. The van der Waals surface area contributed by atoms with Crippen molar-refractivity contribution in [2.24, 2.45) is 5.73 Å². The van der Waals surface area contributed by atoms with Crippen LogP contribution in [0.3, 0.4) is 0 Å². The summed E-state index contributed by atoms with van der Waals surface area (Å²) in [4.78, 5) is 0. The predicted octanol–water partition coefficient (Wildman–Crippen LogP) is 2.01. The minimum Gasteiger partial charge on any atom is -0.403 e. The summed E-state index contributed by atoms with van der Waals surface area (Å²) in [5.41, 5.74) is 5.18. The third-order valence-corrected chi connectivity index (χ3v) is 2.03. The Kier molecular flexibility index (Phi) is 5.84. The molecule has 0 bridgehead atoms. The van der Waals surface area contributed by atoms with Crippen molar-refractivity contribution in [2.75, 3.05) is 0 Å². The molecule has 0 amide bonds. The average molecular weight is 172 g/mol. The number of nitrogens with one attached hydrogen (secondary N) is 1. The SMILES string of the molecule is C/C=C(\N/C=C\N)SC(C)C. The fourth-order valence-electron chi connectivity index (χ4n) is 0.570. The van der Waals surface area contributed by atoms with Crippen LogP contribution in [0.1, 0.15) is 20.8 Å². The Morgan fingerprint density at radius 2 is 2.18 bits per heavy atom. The van der Waals surface area contributed by atoms with Crippen LogP contribution in [0.5, 0.6) is 0 Å². The van der Waals surface area contributed by atoms with Gasteiger partial charge in [0.25, 0.3) is 0 Å². The van der Waals surface area contributed by atoms with E-state index in [0.717, 1.165) is 5.03 Å². The average Bonchev–Trinajstić information content (AvgIpc) is 1.97. The van der Waals surface area contributed by atoms with Crippen molar-refractivity contribution in [3.8, 4) is 0 Å². The second-order valence-electron chi connectivity index (χ2n) is 2.32. The van der Waals surface area contributed by atoms with E-state index in [-0.39, 0.29) is 0 Å². The van der Waals surface area contributed by atoms with Gasteiger partial charge >= 0.3 is 0 Å². The van der Waals surface area contributed by atoms with E-state index in [0.29, 0.717) is 5.25 Å². The summed E-state index contributed by atoms with van der Waals surface area (Å²) in [5, 5.41) is 4.81. The molecule has 0 saturated heterocycles. The highest BCUT2D eigenvalue weighted by Gasteiger charge is 1.97. The molecule has 0 aromatic carbocycles. The van der Waals surface area contributed by atoms with Gasteiger partial charge in [0.15, 0.2) is 0 Å². The fraction of sp³-hybridized carbons (Fsp3) is 0.500. The lowest BCUT2D eigenvalue weighted by Gasteiger charge is -2.07. The highest BCUT2D eigenvalue weighted by Crippen LogP contribution is 2.17. The van der Waals surface area contributed by atoms with Gasteiger partial charge in [0.05, 0.1) is 5.03 Å². The highest BCUT2D eigenvalue weighted by atomic mass is 32.2. The summed E-state index contributed by atoms with van der Waals surface area (Å²) in [6.07, 6.45) is 5.25. The first kappa shape index (κ1) is 10.4. The van der Waals surface area contributed by atoms with Gasteiger partial charge in [0.1, 0.15) is 0 Å². The molecule has 3 heteroatoms. The number of thioether (sulfide) groups is 1. The predicted molar refractivity (Wildman–Crippen MR) is 52.9 cm³/mol. The van der Waals surface area contributed by atoms with E-state index in [9.17, 15) is 0 Å². The van der Waals surface area contributed by atoms with E-state index in [1.54, 1.807) is 18.0 Å². The summed E-state index contributed by atoms with van der Waals surface area (Å²) in [6.45, 7) is 6.31. The summed E-state index contributed by atoms with van der Waals surface area (Å²) in [7, 11) is 0. The first-order chi connectivity index (χ1) is 5.20. The number of allylic oxidation sites excluding steroid dienone is 1. The Balaban J connectivity index is 3.78. The monoisotopic (exact) mass is 172 g/mol. The van der Waals surface area contributed by atoms with Crippen LogP contribution < -0.4 is 11.1 Å². The van der Waals surface area contributed by atoms with Crippen LogP contribution in [0.25, 0.3) is 0 Å². The summed E-state index contributed by atoms with van der Waals surface area (Å²) < 4.78 is 0. The lowest BCUT2D eigenvalue weighted by Crippen LogP contribution is -2.04. The molecule has 11 heavy (non-hydrogen) atoms. The van der Waals surface area contributed by atoms with Crippen molar-refractivity contribution < 1.29 is 0 Å². The molecular weight excluding hydrogens is 156 g/mol. The summed E-state index contributed by atoms with van der Waals surface area (Å²) in [6, 6.07) is 0. The molecule has 0 aromatic rings. The molecule has 3 N–H and O–H groups in total. The molecule has 0 heterocycles. The van der Waals surface area contributed by atoms with Crippen LogP contribution in [0.4, 0.5) is 0 Å². The van der Waals surface area contributed by atoms with E-state index in [2.05, 4.69) is 19.2 Å². The Morgan fingerprint density at radius 1 is 1.55 bits per heavy atom. The van der Waals surface area contributed by atoms with Crippen LogP contribution in [0, 0.1) is 0 Å². The molecule has 0 rings (SSSR count). The number of hydrogen-bond donors (Lipinski definition) is 2. The van der Waals surface area contributed by atoms with Crippen molar-refractivity contribution in [1.82, 2.24) is 5.32 Å². The normalized spacial score (nSPS) is 12.9. The van der Waals surface area contributed by atoms with E-state index in [1.807, 2.05) is 13.0 Å². The molecular formula is C8H16N2S. The molecule has 0 radical (unpaired) electrons. The fourth-order valence-corrected chi connectivity index (χ4v) is 1.35. The molecule has 0 unspecified atom stereocenters. The lowest BCUT2D eigenvalue weighted by molar-refractivity contribution is 1.09. The molecule has 0 fully saturated rings. The van der Waals surface area contributed by atoms with Crippen LogP contribution in [0.15, 0.2) is 23.5 Å². The van der Waals surface area contributed by atoms with Crippen LogP contribution in [0.2, 0.25) is 0 Å². The zero-order valence-electron chi connectivity index (χ0n) is 7.29. The third-order valence-electron chi connectivity index (χ3n) is 0.947. The zero-order valence-corrected chi connectivity index (χ0v) is 8.11.